The fourth-order valence-corrected chi connectivity index (χ4v) is 4.05. The zero-order valence-corrected chi connectivity index (χ0v) is 12.9. The van der Waals surface area contributed by atoms with Crippen molar-refractivity contribution in [2.75, 3.05) is 6.54 Å². The summed E-state index contributed by atoms with van der Waals surface area (Å²) in [6.45, 7) is -0.102. The summed E-state index contributed by atoms with van der Waals surface area (Å²) >= 11 is 4.49. The Morgan fingerprint density at radius 3 is 2.89 bits per heavy atom. The molecule has 0 amide bonds. The molecular weight excluding hydrogens is 356 g/mol. The van der Waals surface area contributed by atoms with E-state index in [2.05, 4.69) is 25.6 Å². The number of sulfonamides is 1. The molecule has 0 saturated heterocycles. The van der Waals surface area contributed by atoms with Crippen LogP contribution in [0.25, 0.3) is 0 Å². The number of rotatable bonds is 6. The molecule has 0 saturated carbocycles. The van der Waals surface area contributed by atoms with Crippen LogP contribution in [-0.2, 0) is 23.1 Å². The molecule has 0 radical (unpaired) electrons. The van der Waals surface area contributed by atoms with Gasteiger partial charge in [-0.25, -0.2) is 18.1 Å². The van der Waals surface area contributed by atoms with Crippen molar-refractivity contribution in [2.24, 2.45) is 0 Å². The van der Waals surface area contributed by atoms with Crippen molar-refractivity contribution in [3.63, 3.8) is 0 Å². The summed E-state index contributed by atoms with van der Waals surface area (Å²) in [6.07, 6.45) is 2.20. The van der Waals surface area contributed by atoms with E-state index < -0.39 is 10.0 Å². The van der Waals surface area contributed by atoms with Crippen LogP contribution in [0.4, 0.5) is 0 Å². The van der Waals surface area contributed by atoms with Gasteiger partial charge in [-0.2, -0.15) is 0 Å². The number of thiazole rings is 1. The van der Waals surface area contributed by atoms with E-state index in [1.807, 2.05) is 5.38 Å². The van der Waals surface area contributed by atoms with Gasteiger partial charge in [0.25, 0.3) is 0 Å². The summed E-state index contributed by atoms with van der Waals surface area (Å²) < 4.78 is 31.6. The Bertz CT molecular complexity index is 637. The zero-order valence-electron chi connectivity index (χ0n) is 9.67. The van der Waals surface area contributed by atoms with E-state index in [-0.39, 0.29) is 28.5 Å². The van der Waals surface area contributed by atoms with Gasteiger partial charge < -0.3 is 9.52 Å². The van der Waals surface area contributed by atoms with Crippen LogP contribution < -0.4 is 4.72 Å². The average molecular weight is 367 g/mol. The van der Waals surface area contributed by atoms with Crippen LogP contribution in [0.5, 0.6) is 0 Å². The average Bonchev–Trinajstić information content (AvgIpc) is 2.98. The number of aliphatic hydroxyl groups is 1. The van der Waals surface area contributed by atoms with E-state index in [9.17, 15) is 8.42 Å². The summed E-state index contributed by atoms with van der Waals surface area (Å²) in [5.41, 5.74) is 0. The number of aromatic nitrogens is 1. The second kappa shape index (κ2) is 6.14. The molecule has 0 spiro atoms. The maximum atomic E-state index is 12.0. The molecule has 0 aromatic carbocycles. The summed E-state index contributed by atoms with van der Waals surface area (Å²) in [5.74, 6) is 0.187. The molecule has 0 atom stereocenters. The fraction of sp³-hybridized carbons (Fsp3) is 0.300. The molecule has 2 heterocycles. The molecule has 104 valence electrons. The summed E-state index contributed by atoms with van der Waals surface area (Å²) in [4.78, 5) is 4.05. The highest BCUT2D eigenvalue weighted by Gasteiger charge is 2.21. The van der Waals surface area contributed by atoms with E-state index >= 15 is 0 Å². The molecule has 0 unspecified atom stereocenters. The van der Waals surface area contributed by atoms with Gasteiger partial charge in [-0.3, -0.25) is 0 Å². The minimum absolute atomic E-state index is 0.0179. The smallest absolute Gasteiger partial charge is 0.244 e. The van der Waals surface area contributed by atoms with Crippen LogP contribution in [-0.4, -0.2) is 25.1 Å². The van der Waals surface area contributed by atoms with Gasteiger partial charge in [0.15, 0.2) is 4.67 Å². The molecule has 0 bridgehead atoms. The molecule has 6 nitrogen and oxygen atoms in total. The third-order valence-corrected chi connectivity index (χ3v) is 5.42. The van der Waals surface area contributed by atoms with Crippen molar-refractivity contribution < 1.29 is 17.9 Å². The van der Waals surface area contributed by atoms with Gasteiger partial charge in [-0.05, 0) is 15.9 Å². The SMILES string of the molecule is O=S(=O)(NCCc1nccs1)c1cc(CO)oc1Br. The lowest BCUT2D eigenvalue weighted by molar-refractivity contribution is 0.245. The van der Waals surface area contributed by atoms with Crippen LogP contribution >= 0.6 is 27.3 Å². The normalized spacial score (nSPS) is 11.9. The monoisotopic (exact) mass is 366 g/mol. The number of aliphatic hydroxyl groups excluding tert-OH is 1. The van der Waals surface area contributed by atoms with Crippen LogP contribution in [0.15, 0.2) is 31.6 Å². The van der Waals surface area contributed by atoms with Crippen LogP contribution in [0.2, 0.25) is 0 Å². The molecule has 19 heavy (non-hydrogen) atoms. The van der Waals surface area contributed by atoms with Gasteiger partial charge in [-0.15, -0.1) is 11.3 Å². The van der Waals surface area contributed by atoms with Crippen molar-refractivity contribution in [3.05, 3.63) is 33.1 Å². The first-order valence-electron chi connectivity index (χ1n) is 5.30. The first-order valence-corrected chi connectivity index (χ1v) is 8.45. The minimum atomic E-state index is -3.66. The lowest BCUT2D eigenvalue weighted by atomic mass is 10.5. The van der Waals surface area contributed by atoms with E-state index in [0.717, 1.165) is 5.01 Å². The van der Waals surface area contributed by atoms with Crippen molar-refractivity contribution in [2.45, 2.75) is 17.9 Å². The lowest BCUT2D eigenvalue weighted by Gasteiger charge is -2.03. The third kappa shape index (κ3) is 3.63. The predicted octanol–water partition coefficient (Wildman–Crippen LogP) is 1.51. The standard InChI is InChI=1S/C10H11BrN2O4S2/c11-10-8(5-7(6-14)17-10)19(15,16)13-2-1-9-12-3-4-18-9/h3-5,13-14H,1-2,6H2. The van der Waals surface area contributed by atoms with Gasteiger partial charge in [0, 0.05) is 30.6 Å². The van der Waals surface area contributed by atoms with E-state index in [1.165, 1.54) is 17.4 Å². The minimum Gasteiger partial charge on any atom is -0.450 e. The van der Waals surface area contributed by atoms with Crippen molar-refractivity contribution in [3.8, 4) is 0 Å². The van der Waals surface area contributed by atoms with Gasteiger partial charge in [-0.1, -0.05) is 0 Å². The Morgan fingerprint density at radius 1 is 1.53 bits per heavy atom. The second-order valence-electron chi connectivity index (χ2n) is 3.58. The maximum absolute atomic E-state index is 12.0. The maximum Gasteiger partial charge on any atom is 0.244 e. The number of nitrogens with one attached hydrogen (secondary N) is 1. The number of halogens is 1. The second-order valence-corrected chi connectivity index (χ2v) is 7.02. The van der Waals surface area contributed by atoms with Gasteiger partial charge in [0.2, 0.25) is 10.0 Å². The fourth-order valence-electron chi connectivity index (χ4n) is 1.41. The molecule has 9 heteroatoms. The van der Waals surface area contributed by atoms with E-state index in [0.29, 0.717) is 6.42 Å². The highest BCUT2D eigenvalue weighted by Crippen LogP contribution is 2.25. The number of hydrogen-bond acceptors (Lipinski definition) is 6. The van der Waals surface area contributed by atoms with Crippen molar-refractivity contribution in [1.82, 2.24) is 9.71 Å². The quantitative estimate of drug-likeness (QED) is 0.808. The number of hydrogen-bond donors (Lipinski definition) is 2. The van der Waals surface area contributed by atoms with Crippen LogP contribution in [0, 0.1) is 0 Å². The van der Waals surface area contributed by atoms with Crippen molar-refractivity contribution >= 4 is 37.3 Å². The lowest BCUT2D eigenvalue weighted by Crippen LogP contribution is -2.25. The first kappa shape index (κ1) is 14.7. The summed E-state index contributed by atoms with van der Waals surface area (Å²) in [6, 6.07) is 1.29. The first-order chi connectivity index (χ1) is 9.03. The van der Waals surface area contributed by atoms with Gasteiger partial charge in [0.1, 0.15) is 17.3 Å². The van der Waals surface area contributed by atoms with E-state index in [4.69, 9.17) is 9.52 Å². The van der Waals surface area contributed by atoms with Crippen LogP contribution in [0.1, 0.15) is 10.8 Å². The molecule has 0 aliphatic rings. The Kier molecular flexibility index (Phi) is 4.74. The number of furan rings is 1. The predicted molar refractivity (Wildman–Crippen MR) is 73.3 cm³/mol. The Balaban J connectivity index is 2.03. The highest BCUT2D eigenvalue weighted by molar-refractivity contribution is 9.10. The molecule has 2 N–H and O–H groups in total. The van der Waals surface area contributed by atoms with E-state index in [1.54, 1.807) is 6.20 Å². The third-order valence-electron chi connectivity index (χ3n) is 2.27. The van der Waals surface area contributed by atoms with Crippen LogP contribution in [0.3, 0.4) is 0 Å². The molecule has 0 fully saturated rings. The highest BCUT2D eigenvalue weighted by atomic mass is 79.9. The molecule has 0 aliphatic carbocycles. The molecule has 2 aromatic heterocycles. The topological polar surface area (TPSA) is 92.4 Å². The van der Waals surface area contributed by atoms with Gasteiger partial charge in [0.05, 0.1) is 5.01 Å². The largest absolute Gasteiger partial charge is 0.450 e. The Hall–Kier alpha value is -0.740. The van der Waals surface area contributed by atoms with Gasteiger partial charge >= 0.3 is 0 Å². The zero-order chi connectivity index (χ0) is 13.9. The Labute approximate surface area is 122 Å². The van der Waals surface area contributed by atoms with Crippen molar-refractivity contribution in [1.29, 1.82) is 0 Å². The Morgan fingerprint density at radius 2 is 2.32 bits per heavy atom. The molecular formula is C10H11BrN2O4S2. The number of nitrogens with zero attached hydrogens (tertiary/aromatic N) is 1. The summed E-state index contributed by atoms with van der Waals surface area (Å²) in [7, 11) is -3.66. The molecule has 2 aromatic rings. The summed E-state index contributed by atoms with van der Waals surface area (Å²) in [5, 5.41) is 11.6. The molecule has 2 rings (SSSR count). The molecule has 0 aliphatic heterocycles.